The Morgan fingerprint density at radius 3 is 2.82 bits per heavy atom. The molecule has 2 bridgehead atoms. The Hall–Kier alpha value is -1.27. The fourth-order valence-electron chi connectivity index (χ4n) is 5.05. The van der Waals surface area contributed by atoms with E-state index in [0.29, 0.717) is 44.2 Å². The second-order valence-corrected chi connectivity index (χ2v) is 9.16. The van der Waals surface area contributed by atoms with Crippen LogP contribution in [0.25, 0.3) is 0 Å². The normalized spacial score (nSPS) is 30.4. The first kappa shape index (κ1) is 20.0. The van der Waals surface area contributed by atoms with Gasteiger partial charge in [-0.3, -0.25) is 4.90 Å². The Balaban J connectivity index is 1.21. The van der Waals surface area contributed by atoms with Crippen LogP contribution in [0.1, 0.15) is 38.4 Å². The molecule has 0 radical (unpaired) electrons. The zero-order chi connectivity index (χ0) is 19.7. The number of allylic oxidation sites excluding steroid dienone is 1. The van der Waals surface area contributed by atoms with E-state index in [9.17, 15) is 9.50 Å². The summed E-state index contributed by atoms with van der Waals surface area (Å²) in [4.78, 5) is 2.20. The minimum absolute atomic E-state index is 0.0799. The number of benzene rings is 1. The average Bonchev–Trinajstić information content (AvgIpc) is 2.68. The van der Waals surface area contributed by atoms with E-state index in [0.717, 1.165) is 18.0 Å². The van der Waals surface area contributed by atoms with Gasteiger partial charge in [0.1, 0.15) is 5.82 Å². The maximum Gasteiger partial charge on any atom is 0.123 e. The summed E-state index contributed by atoms with van der Waals surface area (Å²) in [5.74, 6) is 1.25. The zero-order valence-electron chi connectivity index (χ0n) is 16.9. The molecule has 0 spiro atoms. The maximum atomic E-state index is 13.1. The number of halogens is 1. The molecule has 4 nitrogen and oxygen atoms in total. The molecule has 4 atom stereocenters. The Morgan fingerprint density at radius 2 is 2.11 bits per heavy atom. The lowest BCUT2D eigenvalue weighted by atomic mass is 9.49. The molecule has 2 fully saturated rings. The zero-order valence-corrected chi connectivity index (χ0v) is 16.9. The van der Waals surface area contributed by atoms with Crippen LogP contribution in [0.15, 0.2) is 35.9 Å². The van der Waals surface area contributed by atoms with Crippen LogP contribution in [-0.4, -0.2) is 55.6 Å². The molecule has 1 heterocycles. The summed E-state index contributed by atoms with van der Waals surface area (Å²) in [6.45, 7) is 8.39. The molecule has 0 aromatic heterocycles. The van der Waals surface area contributed by atoms with Gasteiger partial charge in [-0.15, -0.1) is 0 Å². The summed E-state index contributed by atoms with van der Waals surface area (Å²) < 4.78 is 24.8. The van der Waals surface area contributed by atoms with Gasteiger partial charge in [0, 0.05) is 19.6 Å². The molecule has 1 aromatic rings. The molecule has 1 N–H and O–H groups in total. The first-order valence-electron chi connectivity index (χ1n) is 10.5. The van der Waals surface area contributed by atoms with E-state index in [2.05, 4.69) is 24.8 Å². The monoisotopic (exact) mass is 389 g/mol. The molecule has 4 aliphatic rings. The van der Waals surface area contributed by atoms with Crippen molar-refractivity contribution < 1.29 is 19.0 Å². The van der Waals surface area contributed by atoms with E-state index in [1.807, 2.05) is 0 Å². The van der Waals surface area contributed by atoms with Crippen molar-refractivity contribution in [3.63, 3.8) is 0 Å². The van der Waals surface area contributed by atoms with Crippen LogP contribution in [0.5, 0.6) is 0 Å². The standard InChI is InChI=1S/C23H32FNO3/c1-23(2)18-6-3-17(21(23)11-18)14-27-15-20(26)12-25-9-10-28-22(13-25)16-4-7-19(24)8-5-16/h3-5,7-8,18,20-22,26H,6,9-15H2,1-2H3/t18-,20+,21-,22-/m0/s1. The van der Waals surface area contributed by atoms with Crippen molar-refractivity contribution in [2.24, 2.45) is 17.3 Å². The molecule has 5 rings (SSSR count). The van der Waals surface area contributed by atoms with E-state index in [4.69, 9.17) is 9.47 Å². The maximum absolute atomic E-state index is 13.1. The van der Waals surface area contributed by atoms with Crippen LogP contribution in [0.3, 0.4) is 0 Å². The predicted molar refractivity (Wildman–Crippen MR) is 106 cm³/mol. The van der Waals surface area contributed by atoms with Crippen LogP contribution >= 0.6 is 0 Å². The lowest BCUT2D eigenvalue weighted by Crippen LogP contribution is -2.48. The number of nitrogens with zero attached hydrogens (tertiary/aromatic N) is 1. The summed E-state index contributed by atoms with van der Waals surface area (Å²) >= 11 is 0. The van der Waals surface area contributed by atoms with Crippen molar-refractivity contribution in [1.29, 1.82) is 0 Å². The third-order valence-electron chi connectivity index (χ3n) is 7.02. The van der Waals surface area contributed by atoms with E-state index in [1.54, 1.807) is 12.1 Å². The fraction of sp³-hybridized carbons (Fsp3) is 0.652. The molecular formula is C23H32FNO3. The minimum atomic E-state index is -0.515. The number of hydrogen-bond donors (Lipinski definition) is 1. The van der Waals surface area contributed by atoms with Crippen LogP contribution in [0.2, 0.25) is 0 Å². The number of ether oxygens (including phenoxy) is 2. The summed E-state index contributed by atoms with van der Waals surface area (Å²) in [6, 6.07) is 6.47. The SMILES string of the molecule is CC1(C)[C@H]2CC=C(COC[C@H](O)CN3CCO[C@H](c4ccc(F)cc4)C3)[C@@H]1C2. The molecule has 3 aliphatic carbocycles. The Bertz CT molecular complexity index is 702. The molecule has 1 aliphatic heterocycles. The van der Waals surface area contributed by atoms with Gasteiger partial charge in [0.25, 0.3) is 0 Å². The number of hydrogen-bond acceptors (Lipinski definition) is 4. The van der Waals surface area contributed by atoms with Gasteiger partial charge in [-0.05, 0) is 53.4 Å². The molecule has 1 saturated heterocycles. The molecule has 1 saturated carbocycles. The summed E-state index contributed by atoms with van der Waals surface area (Å²) in [7, 11) is 0. The van der Waals surface area contributed by atoms with Gasteiger partial charge in [0.05, 0.1) is 32.0 Å². The number of aliphatic hydroxyl groups excluding tert-OH is 1. The largest absolute Gasteiger partial charge is 0.389 e. The first-order chi connectivity index (χ1) is 13.4. The minimum Gasteiger partial charge on any atom is -0.389 e. The van der Waals surface area contributed by atoms with Gasteiger partial charge in [-0.1, -0.05) is 32.1 Å². The molecule has 28 heavy (non-hydrogen) atoms. The van der Waals surface area contributed by atoms with Crippen LogP contribution in [0, 0.1) is 23.1 Å². The molecule has 5 heteroatoms. The van der Waals surface area contributed by atoms with Crippen molar-refractivity contribution in [1.82, 2.24) is 4.90 Å². The van der Waals surface area contributed by atoms with E-state index < -0.39 is 6.10 Å². The molecule has 0 amide bonds. The fourth-order valence-corrected chi connectivity index (χ4v) is 5.05. The van der Waals surface area contributed by atoms with Crippen molar-refractivity contribution in [2.75, 3.05) is 39.5 Å². The van der Waals surface area contributed by atoms with Crippen molar-refractivity contribution >= 4 is 0 Å². The molecule has 154 valence electrons. The summed E-state index contributed by atoms with van der Waals surface area (Å²) in [5.41, 5.74) is 2.81. The van der Waals surface area contributed by atoms with Crippen LogP contribution in [0.4, 0.5) is 4.39 Å². The van der Waals surface area contributed by atoms with Gasteiger partial charge < -0.3 is 14.6 Å². The Morgan fingerprint density at radius 1 is 1.32 bits per heavy atom. The second-order valence-electron chi connectivity index (χ2n) is 9.16. The third-order valence-corrected chi connectivity index (χ3v) is 7.02. The highest BCUT2D eigenvalue weighted by molar-refractivity contribution is 5.23. The van der Waals surface area contributed by atoms with Gasteiger partial charge >= 0.3 is 0 Å². The van der Waals surface area contributed by atoms with Crippen LogP contribution in [-0.2, 0) is 9.47 Å². The summed E-state index contributed by atoms with van der Waals surface area (Å²) in [5, 5.41) is 10.4. The lowest BCUT2D eigenvalue weighted by Gasteiger charge is -2.56. The first-order valence-corrected chi connectivity index (χ1v) is 10.5. The number of aliphatic hydroxyl groups is 1. The van der Waals surface area contributed by atoms with Crippen molar-refractivity contribution in [2.45, 2.75) is 38.9 Å². The van der Waals surface area contributed by atoms with E-state index in [-0.39, 0.29) is 11.9 Å². The van der Waals surface area contributed by atoms with Crippen molar-refractivity contribution in [3.8, 4) is 0 Å². The van der Waals surface area contributed by atoms with Gasteiger partial charge in [0.2, 0.25) is 0 Å². The number of fused-ring (bicyclic) bond motifs is 1. The van der Waals surface area contributed by atoms with Crippen molar-refractivity contribution in [3.05, 3.63) is 47.3 Å². The smallest absolute Gasteiger partial charge is 0.123 e. The highest BCUT2D eigenvalue weighted by Crippen LogP contribution is 2.59. The number of morpholine rings is 1. The molecule has 0 unspecified atom stereocenters. The number of rotatable bonds is 7. The van der Waals surface area contributed by atoms with E-state index in [1.165, 1.54) is 30.5 Å². The lowest BCUT2D eigenvalue weighted by molar-refractivity contribution is -0.0545. The van der Waals surface area contributed by atoms with Gasteiger partial charge in [-0.25, -0.2) is 4.39 Å². The van der Waals surface area contributed by atoms with Gasteiger partial charge in [0.15, 0.2) is 0 Å². The average molecular weight is 390 g/mol. The highest BCUT2D eigenvalue weighted by Gasteiger charge is 2.50. The highest BCUT2D eigenvalue weighted by atomic mass is 19.1. The van der Waals surface area contributed by atoms with Crippen LogP contribution < -0.4 is 0 Å². The quantitative estimate of drug-likeness (QED) is 0.724. The molecule has 1 aromatic carbocycles. The topological polar surface area (TPSA) is 41.9 Å². The molecular weight excluding hydrogens is 357 g/mol. The predicted octanol–water partition coefficient (Wildman–Crippen LogP) is 3.57. The number of β-amino-alcohol motifs (C(OH)–C–C–N with tert-alkyl or cyclic N) is 1. The van der Waals surface area contributed by atoms with Gasteiger partial charge in [-0.2, -0.15) is 0 Å². The third kappa shape index (κ3) is 4.18. The second kappa shape index (κ2) is 8.23. The Kier molecular flexibility index (Phi) is 5.88. The van der Waals surface area contributed by atoms with E-state index >= 15 is 0 Å². The Labute approximate surface area is 167 Å². The summed E-state index contributed by atoms with van der Waals surface area (Å²) in [6.07, 6.45) is 4.22.